The van der Waals surface area contributed by atoms with E-state index in [1.54, 1.807) is 0 Å². The topological polar surface area (TPSA) is 0 Å². The van der Waals surface area contributed by atoms with Crippen LogP contribution in [0.1, 0.15) is 198 Å². The zero-order valence-corrected chi connectivity index (χ0v) is 29.8. The van der Waals surface area contributed by atoms with Crippen LogP contribution in [0.15, 0.2) is 12.2 Å². The van der Waals surface area contributed by atoms with Crippen LogP contribution in [0.3, 0.4) is 0 Å². The lowest BCUT2D eigenvalue weighted by Crippen LogP contribution is -2.17. The number of allylic oxidation sites excluding steroid dienone is 1. The molecule has 0 aromatic carbocycles. The lowest BCUT2D eigenvalue weighted by atomic mass is 9.76. The Labute approximate surface area is 255 Å². The number of hydrogen-bond donors (Lipinski definition) is 0. The fourth-order valence-electron chi connectivity index (χ4n) is 8.21. The summed E-state index contributed by atoms with van der Waals surface area (Å²) in [7, 11) is 0. The summed E-state index contributed by atoms with van der Waals surface area (Å²) in [6.07, 6.45) is 28.3. The van der Waals surface area contributed by atoms with Crippen LogP contribution >= 0.6 is 0 Å². The van der Waals surface area contributed by atoms with E-state index in [9.17, 15) is 0 Å². The molecule has 0 heteroatoms. The van der Waals surface area contributed by atoms with E-state index in [1.807, 2.05) is 0 Å². The van der Waals surface area contributed by atoms with Crippen LogP contribution in [-0.2, 0) is 0 Å². The van der Waals surface area contributed by atoms with Gasteiger partial charge in [-0.05, 0) is 91.3 Å². The van der Waals surface area contributed by atoms with Crippen molar-refractivity contribution in [3.8, 4) is 0 Å². The first-order valence-electron chi connectivity index (χ1n) is 18.6. The van der Waals surface area contributed by atoms with Crippen molar-refractivity contribution in [2.75, 3.05) is 0 Å². The van der Waals surface area contributed by atoms with Gasteiger partial charge in [0, 0.05) is 0 Å². The lowest BCUT2D eigenvalue weighted by molar-refractivity contribution is 0.221. The highest BCUT2D eigenvalue weighted by Crippen LogP contribution is 2.59. The van der Waals surface area contributed by atoms with Crippen molar-refractivity contribution >= 4 is 0 Å². The Bertz CT molecular complexity index is 640. The highest BCUT2D eigenvalue weighted by Gasteiger charge is 2.50. The van der Waals surface area contributed by atoms with E-state index < -0.39 is 0 Å². The minimum Gasteiger partial charge on any atom is -0.0996 e. The molecule has 0 aromatic heterocycles. The molecule has 1 rings (SSSR count). The van der Waals surface area contributed by atoms with Gasteiger partial charge in [0.05, 0.1) is 0 Å². The third-order valence-corrected chi connectivity index (χ3v) is 11.5. The SMILES string of the molecule is C=C(CC(CCCCCC(CCC)CC(C)(C)CCCC)CCC1(C)CC1CC(CC)C(CC)CCC)C(C)C. The minimum absolute atomic E-state index is 0.527. The number of hydrogen-bond acceptors (Lipinski definition) is 0. The van der Waals surface area contributed by atoms with E-state index in [-0.39, 0.29) is 0 Å². The Hall–Kier alpha value is -0.260. The quantitative estimate of drug-likeness (QED) is 0.0731. The summed E-state index contributed by atoms with van der Waals surface area (Å²) in [6, 6.07) is 0. The molecular formula is C40H78. The average Bonchev–Trinajstić information content (AvgIpc) is 3.56. The third-order valence-electron chi connectivity index (χ3n) is 11.5. The summed E-state index contributed by atoms with van der Waals surface area (Å²) >= 11 is 0. The van der Waals surface area contributed by atoms with Gasteiger partial charge in [-0.3, -0.25) is 0 Å². The van der Waals surface area contributed by atoms with Crippen molar-refractivity contribution < 1.29 is 0 Å². The van der Waals surface area contributed by atoms with E-state index in [0.29, 0.717) is 16.7 Å². The molecule has 0 heterocycles. The normalized spacial score (nSPS) is 22.3. The van der Waals surface area contributed by atoms with Gasteiger partial charge < -0.3 is 0 Å². The van der Waals surface area contributed by atoms with Crippen molar-refractivity contribution in [1.29, 1.82) is 0 Å². The van der Waals surface area contributed by atoms with Gasteiger partial charge in [-0.1, -0.05) is 165 Å². The smallest absolute Gasteiger partial charge is 0.0263 e. The Morgan fingerprint density at radius 2 is 1.40 bits per heavy atom. The summed E-state index contributed by atoms with van der Waals surface area (Å²) in [5, 5.41) is 0. The molecule has 0 aliphatic heterocycles. The van der Waals surface area contributed by atoms with Crippen LogP contribution in [-0.4, -0.2) is 0 Å². The highest BCUT2D eigenvalue weighted by atomic mass is 14.5. The predicted octanol–water partition coefficient (Wildman–Crippen LogP) is 14.2. The summed E-state index contributed by atoms with van der Waals surface area (Å²) in [5.41, 5.74) is 2.66. The average molecular weight is 559 g/mol. The minimum atomic E-state index is 0.527. The fraction of sp³-hybridized carbons (Fsp3) is 0.950. The second-order valence-corrected chi connectivity index (χ2v) is 16.1. The zero-order chi connectivity index (χ0) is 30.2. The van der Waals surface area contributed by atoms with Crippen LogP contribution in [0.5, 0.6) is 0 Å². The second-order valence-electron chi connectivity index (χ2n) is 16.1. The second kappa shape index (κ2) is 19.8. The molecule has 0 spiro atoms. The summed E-state index contributed by atoms with van der Waals surface area (Å²) < 4.78 is 0. The maximum atomic E-state index is 4.51. The molecule has 238 valence electrons. The molecule has 0 aromatic rings. The van der Waals surface area contributed by atoms with Gasteiger partial charge in [-0.25, -0.2) is 0 Å². The molecule has 1 saturated carbocycles. The van der Waals surface area contributed by atoms with Gasteiger partial charge in [0.25, 0.3) is 0 Å². The van der Waals surface area contributed by atoms with Crippen LogP contribution in [0.25, 0.3) is 0 Å². The third kappa shape index (κ3) is 14.8. The van der Waals surface area contributed by atoms with E-state index in [4.69, 9.17) is 0 Å². The first-order chi connectivity index (χ1) is 18.9. The maximum Gasteiger partial charge on any atom is -0.0263 e. The van der Waals surface area contributed by atoms with E-state index in [1.165, 1.54) is 134 Å². The van der Waals surface area contributed by atoms with E-state index in [2.05, 4.69) is 75.8 Å². The molecule has 40 heavy (non-hydrogen) atoms. The molecule has 0 N–H and O–H groups in total. The van der Waals surface area contributed by atoms with Gasteiger partial charge in [-0.15, -0.1) is 0 Å². The van der Waals surface area contributed by atoms with Crippen LogP contribution in [0.2, 0.25) is 0 Å². The zero-order valence-electron chi connectivity index (χ0n) is 29.8. The van der Waals surface area contributed by atoms with E-state index >= 15 is 0 Å². The standard InChI is InChI=1S/C40H78/c1-12-17-26-39(9,10)30-35(21-13-2)24-20-18-19-23-34(28-33(8)32(6)7)25-27-40(11)31-38(40)29-37(16-5)36(15-4)22-14-3/h32,34-38H,8,12-31H2,1-7,9-11H3. The van der Waals surface area contributed by atoms with Gasteiger partial charge in [0.2, 0.25) is 0 Å². The molecule has 0 saturated heterocycles. The Balaban J connectivity index is 2.57. The van der Waals surface area contributed by atoms with Crippen molar-refractivity contribution in [3.05, 3.63) is 12.2 Å². The van der Waals surface area contributed by atoms with Crippen molar-refractivity contribution in [1.82, 2.24) is 0 Å². The van der Waals surface area contributed by atoms with Gasteiger partial charge in [-0.2, -0.15) is 0 Å². The van der Waals surface area contributed by atoms with Crippen LogP contribution in [0.4, 0.5) is 0 Å². The molecule has 0 amide bonds. The van der Waals surface area contributed by atoms with Gasteiger partial charge in [0.1, 0.15) is 0 Å². The Morgan fingerprint density at radius 3 is 1.95 bits per heavy atom. The molecule has 1 aliphatic carbocycles. The van der Waals surface area contributed by atoms with E-state index in [0.717, 1.165) is 29.6 Å². The molecule has 1 aliphatic rings. The molecule has 1 fully saturated rings. The van der Waals surface area contributed by atoms with Crippen LogP contribution < -0.4 is 0 Å². The largest absolute Gasteiger partial charge is 0.0996 e. The monoisotopic (exact) mass is 559 g/mol. The van der Waals surface area contributed by atoms with Crippen molar-refractivity contribution in [3.63, 3.8) is 0 Å². The first kappa shape index (κ1) is 37.8. The maximum absolute atomic E-state index is 4.51. The molecule has 6 atom stereocenters. The van der Waals surface area contributed by atoms with Crippen molar-refractivity contribution in [2.24, 2.45) is 46.3 Å². The fourth-order valence-corrected chi connectivity index (χ4v) is 8.21. The summed E-state index contributed by atoms with van der Waals surface area (Å²) in [6.45, 7) is 28.9. The molecule has 0 bridgehead atoms. The predicted molar refractivity (Wildman–Crippen MR) is 184 cm³/mol. The van der Waals surface area contributed by atoms with Crippen LogP contribution in [0, 0.1) is 46.3 Å². The summed E-state index contributed by atoms with van der Waals surface area (Å²) in [5.74, 6) is 5.35. The van der Waals surface area contributed by atoms with Gasteiger partial charge >= 0.3 is 0 Å². The van der Waals surface area contributed by atoms with Gasteiger partial charge in [0.15, 0.2) is 0 Å². The first-order valence-corrected chi connectivity index (χ1v) is 18.6. The number of rotatable bonds is 26. The molecule has 0 radical (unpaired) electrons. The Kier molecular flexibility index (Phi) is 18.7. The number of unbranched alkanes of at least 4 members (excludes halogenated alkanes) is 3. The molecular weight excluding hydrogens is 480 g/mol. The highest BCUT2D eigenvalue weighted by molar-refractivity contribution is 5.02. The summed E-state index contributed by atoms with van der Waals surface area (Å²) in [4.78, 5) is 0. The lowest BCUT2D eigenvalue weighted by Gasteiger charge is -2.30. The molecule has 6 unspecified atom stereocenters. The Morgan fingerprint density at radius 1 is 0.775 bits per heavy atom. The molecule has 0 nitrogen and oxygen atoms in total. The van der Waals surface area contributed by atoms with Crippen molar-refractivity contribution in [2.45, 2.75) is 198 Å².